The maximum atomic E-state index is 9.55. The van der Waals surface area contributed by atoms with Crippen LogP contribution in [0.1, 0.15) is 37.1 Å². The second kappa shape index (κ2) is 6.56. The van der Waals surface area contributed by atoms with Crippen molar-refractivity contribution in [2.45, 2.75) is 25.9 Å². The highest BCUT2D eigenvalue weighted by Crippen LogP contribution is 2.30. The number of hydrogen-bond acceptors (Lipinski definition) is 3. The van der Waals surface area contributed by atoms with Crippen LogP contribution in [0.25, 0.3) is 0 Å². The molecule has 0 radical (unpaired) electrons. The first-order valence-corrected chi connectivity index (χ1v) is 7.36. The standard InChI is InChI=1S/C16H17Cl2NO2/c1-9(11-5-13(20)8-14(21)6-11)19-10(2)15-4-3-12(17)7-16(15)18/h3-10,19-21H,1-2H3. The van der Waals surface area contributed by atoms with Gasteiger partial charge in [0.15, 0.2) is 0 Å². The third kappa shape index (κ3) is 4.03. The molecule has 0 aromatic heterocycles. The summed E-state index contributed by atoms with van der Waals surface area (Å²) in [5.41, 5.74) is 1.74. The quantitative estimate of drug-likeness (QED) is 0.755. The number of halogens is 2. The number of benzene rings is 2. The van der Waals surface area contributed by atoms with Gasteiger partial charge in [0.05, 0.1) is 0 Å². The van der Waals surface area contributed by atoms with E-state index in [0.29, 0.717) is 10.0 Å². The molecule has 0 saturated heterocycles. The van der Waals surface area contributed by atoms with E-state index in [1.807, 2.05) is 19.9 Å². The van der Waals surface area contributed by atoms with E-state index in [2.05, 4.69) is 5.32 Å². The molecule has 0 bridgehead atoms. The lowest BCUT2D eigenvalue weighted by Crippen LogP contribution is -2.22. The Kier molecular flexibility index (Phi) is 4.99. The Balaban J connectivity index is 2.16. The summed E-state index contributed by atoms with van der Waals surface area (Å²) in [7, 11) is 0. The molecule has 0 saturated carbocycles. The Labute approximate surface area is 134 Å². The zero-order valence-corrected chi connectivity index (χ0v) is 13.3. The van der Waals surface area contributed by atoms with Crippen molar-refractivity contribution in [3.63, 3.8) is 0 Å². The van der Waals surface area contributed by atoms with E-state index in [9.17, 15) is 10.2 Å². The molecule has 0 heterocycles. The number of aromatic hydroxyl groups is 2. The third-order valence-corrected chi connectivity index (χ3v) is 3.92. The van der Waals surface area contributed by atoms with Crippen LogP contribution in [0.3, 0.4) is 0 Å². The van der Waals surface area contributed by atoms with Crippen LogP contribution >= 0.6 is 23.2 Å². The van der Waals surface area contributed by atoms with Crippen LogP contribution in [0.5, 0.6) is 11.5 Å². The van der Waals surface area contributed by atoms with Crippen molar-refractivity contribution >= 4 is 23.2 Å². The van der Waals surface area contributed by atoms with Gasteiger partial charge >= 0.3 is 0 Å². The van der Waals surface area contributed by atoms with Gasteiger partial charge in [-0.3, -0.25) is 0 Å². The van der Waals surface area contributed by atoms with Gasteiger partial charge in [0.25, 0.3) is 0 Å². The Morgan fingerprint density at radius 1 is 0.905 bits per heavy atom. The average molecular weight is 326 g/mol. The average Bonchev–Trinajstić information content (AvgIpc) is 2.37. The van der Waals surface area contributed by atoms with Gasteiger partial charge in [-0.1, -0.05) is 29.3 Å². The van der Waals surface area contributed by atoms with Gasteiger partial charge in [-0.25, -0.2) is 0 Å². The first-order valence-electron chi connectivity index (χ1n) is 6.60. The van der Waals surface area contributed by atoms with Crippen molar-refractivity contribution in [1.82, 2.24) is 5.32 Å². The van der Waals surface area contributed by atoms with Crippen molar-refractivity contribution in [1.29, 1.82) is 0 Å². The number of phenols is 2. The molecule has 5 heteroatoms. The van der Waals surface area contributed by atoms with Crippen molar-refractivity contribution < 1.29 is 10.2 Å². The zero-order chi connectivity index (χ0) is 15.6. The summed E-state index contributed by atoms with van der Waals surface area (Å²) in [6, 6.07) is 9.86. The highest BCUT2D eigenvalue weighted by atomic mass is 35.5. The van der Waals surface area contributed by atoms with Gasteiger partial charge in [-0.05, 0) is 49.2 Å². The van der Waals surface area contributed by atoms with Crippen LogP contribution in [-0.2, 0) is 0 Å². The Morgan fingerprint density at radius 2 is 1.52 bits per heavy atom. The molecule has 2 atom stereocenters. The Bertz CT molecular complexity index is 626. The van der Waals surface area contributed by atoms with Gasteiger partial charge in [-0.2, -0.15) is 0 Å². The molecule has 0 aliphatic rings. The number of rotatable bonds is 4. The summed E-state index contributed by atoms with van der Waals surface area (Å²) < 4.78 is 0. The lowest BCUT2D eigenvalue weighted by atomic mass is 10.0. The molecule has 0 fully saturated rings. The van der Waals surface area contributed by atoms with Crippen molar-refractivity contribution in [2.24, 2.45) is 0 Å². The summed E-state index contributed by atoms with van der Waals surface area (Å²) >= 11 is 12.1. The molecule has 0 aliphatic heterocycles. The van der Waals surface area contributed by atoms with Gasteiger partial charge < -0.3 is 15.5 Å². The fourth-order valence-corrected chi connectivity index (χ4v) is 2.85. The van der Waals surface area contributed by atoms with Crippen LogP contribution in [0.2, 0.25) is 10.0 Å². The van der Waals surface area contributed by atoms with Gasteiger partial charge in [0.1, 0.15) is 11.5 Å². The van der Waals surface area contributed by atoms with Crippen molar-refractivity contribution in [2.75, 3.05) is 0 Å². The Morgan fingerprint density at radius 3 is 2.10 bits per heavy atom. The smallest absolute Gasteiger partial charge is 0.119 e. The molecule has 0 amide bonds. The molecule has 2 aromatic rings. The zero-order valence-electron chi connectivity index (χ0n) is 11.8. The molecule has 2 aromatic carbocycles. The molecule has 3 N–H and O–H groups in total. The van der Waals surface area contributed by atoms with E-state index in [-0.39, 0.29) is 23.6 Å². The van der Waals surface area contributed by atoms with E-state index in [1.54, 1.807) is 24.3 Å². The summed E-state index contributed by atoms with van der Waals surface area (Å²) in [5, 5.41) is 23.7. The normalized spacial score (nSPS) is 13.9. The number of nitrogens with one attached hydrogen (secondary N) is 1. The maximum Gasteiger partial charge on any atom is 0.119 e. The summed E-state index contributed by atoms with van der Waals surface area (Å²) in [6.07, 6.45) is 0. The van der Waals surface area contributed by atoms with Gasteiger partial charge in [-0.15, -0.1) is 0 Å². The van der Waals surface area contributed by atoms with Crippen LogP contribution in [0.4, 0.5) is 0 Å². The predicted octanol–water partition coefficient (Wildman–Crippen LogP) is 4.82. The minimum absolute atomic E-state index is 0.00532. The summed E-state index contributed by atoms with van der Waals surface area (Å²) in [5.74, 6) is 0.0756. The fourth-order valence-electron chi connectivity index (χ4n) is 2.28. The predicted molar refractivity (Wildman–Crippen MR) is 86.2 cm³/mol. The molecule has 0 spiro atoms. The second-order valence-corrected chi connectivity index (χ2v) is 5.90. The molecule has 3 nitrogen and oxygen atoms in total. The highest BCUT2D eigenvalue weighted by Gasteiger charge is 2.15. The van der Waals surface area contributed by atoms with Crippen LogP contribution < -0.4 is 5.32 Å². The maximum absolute atomic E-state index is 9.55. The third-order valence-electron chi connectivity index (χ3n) is 3.35. The Hall–Kier alpha value is -1.42. The van der Waals surface area contributed by atoms with Crippen LogP contribution in [0, 0.1) is 0 Å². The SMILES string of the molecule is CC(NC(C)c1ccc(Cl)cc1Cl)c1cc(O)cc(O)c1. The van der Waals surface area contributed by atoms with Gasteiger partial charge in [0, 0.05) is 28.2 Å². The molecule has 2 unspecified atom stereocenters. The van der Waals surface area contributed by atoms with E-state index in [0.717, 1.165) is 11.1 Å². The highest BCUT2D eigenvalue weighted by molar-refractivity contribution is 6.35. The van der Waals surface area contributed by atoms with Crippen LogP contribution in [-0.4, -0.2) is 10.2 Å². The number of phenolic OH excluding ortho intramolecular Hbond substituents is 2. The lowest BCUT2D eigenvalue weighted by Gasteiger charge is -2.22. The fraction of sp³-hybridized carbons (Fsp3) is 0.250. The topological polar surface area (TPSA) is 52.5 Å². The molecule has 112 valence electrons. The second-order valence-electron chi connectivity index (χ2n) is 5.06. The summed E-state index contributed by atoms with van der Waals surface area (Å²) in [6.45, 7) is 3.95. The summed E-state index contributed by atoms with van der Waals surface area (Å²) in [4.78, 5) is 0. The first-order chi connectivity index (χ1) is 9.86. The molecule has 0 aliphatic carbocycles. The van der Waals surface area contributed by atoms with E-state index >= 15 is 0 Å². The van der Waals surface area contributed by atoms with E-state index in [4.69, 9.17) is 23.2 Å². The van der Waals surface area contributed by atoms with Gasteiger partial charge in [0.2, 0.25) is 0 Å². The number of hydrogen-bond donors (Lipinski definition) is 3. The minimum Gasteiger partial charge on any atom is -0.508 e. The van der Waals surface area contributed by atoms with E-state index in [1.165, 1.54) is 6.07 Å². The molecular formula is C16H17Cl2NO2. The largest absolute Gasteiger partial charge is 0.508 e. The van der Waals surface area contributed by atoms with Crippen molar-refractivity contribution in [3.8, 4) is 11.5 Å². The molecule has 21 heavy (non-hydrogen) atoms. The minimum atomic E-state index is -0.0651. The molecule has 2 rings (SSSR count). The van der Waals surface area contributed by atoms with Crippen LogP contribution in [0.15, 0.2) is 36.4 Å². The molecular weight excluding hydrogens is 309 g/mol. The van der Waals surface area contributed by atoms with Crippen molar-refractivity contribution in [3.05, 3.63) is 57.6 Å². The monoisotopic (exact) mass is 325 g/mol. The van der Waals surface area contributed by atoms with E-state index < -0.39 is 0 Å². The first kappa shape index (κ1) is 16.0. The lowest BCUT2D eigenvalue weighted by molar-refractivity contribution is 0.442.